The Morgan fingerprint density at radius 3 is 2.69 bits per heavy atom. The normalized spacial score (nSPS) is 11.2. The third kappa shape index (κ3) is 4.68. The van der Waals surface area contributed by atoms with E-state index in [1.54, 1.807) is 18.2 Å². The van der Waals surface area contributed by atoms with Gasteiger partial charge in [0.1, 0.15) is 5.75 Å². The number of hydrogen-bond acceptors (Lipinski definition) is 5. The molecule has 3 aromatic rings. The Bertz CT molecular complexity index is 925. The van der Waals surface area contributed by atoms with E-state index in [9.17, 15) is 4.79 Å². The molecular formula is C19H16ClN3O2S. The molecule has 0 atom stereocenters. The fraction of sp³-hybridized carbons (Fsp3) is 0.105. The van der Waals surface area contributed by atoms with Gasteiger partial charge in [0.15, 0.2) is 5.01 Å². The summed E-state index contributed by atoms with van der Waals surface area (Å²) in [5, 5.41) is 11.8. The van der Waals surface area contributed by atoms with E-state index in [0.29, 0.717) is 22.3 Å². The molecular weight excluding hydrogens is 370 g/mol. The molecule has 0 unspecified atom stereocenters. The summed E-state index contributed by atoms with van der Waals surface area (Å²) >= 11 is 7.48. The van der Waals surface area contributed by atoms with Crippen molar-refractivity contribution >= 4 is 45.6 Å². The summed E-state index contributed by atoms with van der Waals surface area (Å²) in [7, 11) is 0. The van der Waals surface area contributed by atoms with Gasteiger partial charge in [-0.1, -0.05) is 53.3 Å². The molecule has 0 aliphatic carbocycles. The molecule has 0 spiro atoms. The van der Waals surface area contributed by atoms with E-state index in [0.717, 1.165) is 22.6 Å². The van der Waals surface area contributed by atoms with Gasteiger partial charge in [-0.25, -0.2) is 0 Å². The lowest BCUT2D eigenvalue weighted by Gasteiger charge is -2.03. The summed E-state index contributed by atoms with van der Waals surface area (Å²) in [6.07, 6.45) is 1.77. The van der Waals surface area contributed by atoms with E-state index in [1.807, 2.05) is 49.4 Å². The maximum absolute atomic E-state index is 12.2. The first-order valence-corrected chi connectivity index (χ1v) is 9.15. The van der Waals surface area contributed by atoms with Crippen LogP contribution in [0.15, 0.2) is 54.6 Å². The fourth-order valence-corrected chi connectivity index (χ4v) is 3.11. The van der Waals surface area contributed by atoms with Crippen LogP contribution < -0.4 is 10.1 Å². The van der Waals surface area contributed by atoms with Crippen LogP contribution in [0.1, 0.15) is 27.3 Å². The molecule has 0 radical (unpaired) electrons. The van der Waals surface area contributed by atoms with Gasteiger partial charge in [0, 0.05) is 5.69 Å². The number of nitrogens with one attached hydrogen (secondary N) is 1. The van der Waals surface area contributed by atoms with Crippen molar-refractivity contribution in [1.82, 2.24) is 10.2 Å². The predicted molar refractivity (Wildman–Crippen MR) is 106 cm³/mol. The smallest absolute Gasteiger partial charge is 0.286 e. The molecule has 1 N–H and O–H groups in total. The molecule has 2 aromatic carbocycles. The topological polar surface area (TPSA) is 64.1 Å². The van der Waals surface area contributed by atoms with Gasteiger partial charge in [-0.2, -0.15) is 0 Å². The van der Waals surface area contributed by atoms with Crippen LogP contribution in [0.2, 0.25) is 0 Å². The van der Waals surface area contributed by atoms with Crippen molar-refractivity contribution in [3.63, 3.8) is 0 Å². The van der Waals surface area contributed by atoms with E-state index in [2.05, 4.69) is 15.5 Å². The Balaban J connectivity index is 1.74. The maximum atomic E-state index is 12.2. The van der Waals surface area contributed by atoms with Crippen LogP contribution in [0.25, 0.3) is 11.1 Å². The minimum Gasteiger partial charge on any atom is -0.494 e. The summed E-state index contributed by atoms with van der Waals surface area (Å²) in [6, 6.07) is 16.7. The van der Waals surface area contributed by atoms with Crippen molar-refractivity contribution in [3.05, 3.63) is 70.2 Å². The SMILES string of the molecule is CCOc1cccc(/C=C(\Cl)c2nnc(C(=O)Nc3ccccc3)s2)c1. The zero-order chi connectivity index (χ0) is 18.4. The third-order valence-corrected chi connectivity index (χ3v) is 4.67. The quantitative estimate of drug-likeness (QED) is 0.653. The first-order chi connectivity index (χ1) is 12.7. The molecule has 1 aromatic heterocycles. The number of rotatable bonds is 6. The number of carbonyl (C=O) groups excluding carboxylic acids is 1. The number of carbonyl (C=O) groups is 1. The number of para-hydroxylation sites is 1. The van der Waals surface area contributed by atoms with Gasteiger partial charge in [0.05, 0.1) is 11.6 Å². The minimum absolute atomic E-state index is 0.249. The Kier molecular flexibility index (Phi) is 5.99. The molecule has 3 rings (SSSR count). The Morgan fingerprint density at radius 2 is 1.92 bits per heavy atom. The average molecular weight is 386 g/mol. The second kappa shape index (κ2) is 8.60. The summed E-state index contributed by atoms with van der Waals surface area (Å²) < 4.78 is 5.48. The van der Waals surface area contributed by atoms with Gasteiger partial charge >= 0.3 is 0 Å². The van der Waals surface area contributed by atoms with E-state index < -0.39 is 0 Å². The first kappa shape index (κ1) is 18.1. The van der Waals surface area contributed by atoms with Crippen LogP contribution in [0.3, 0.4) is 0 Å². The van der Waals surface area contributed by atoms with Crippen molar-refractivity contribution in [3.8, 4) is 5.75 Å². The Morgan fingerprint density at radius 1 is 1.15 bits per heavy atom. The van der Waals surface area contributed by atoms with Gasteiger partial charge < -0.3 is 10.1 Å². The second-order valence-corrected chi connectivity index (χ2v) is 6.62. The molecule has 0 saturated heterocycles. The molecule has 132 valence electrons. The molecule has 0 fully saturated rings. The predicted octanol–water partition coefficient (Wildman–Crippen LogP) is 4.93. The Labute approximate surface area is 160 Å². The van der Waals surface area contributed by atoms with Crippen molar-refractivity contribution in [2.45, 2.75) is 6.92 Å². The van der Waals surface area contributed by atoms with Crippen LogP contribution in [0, 0.1) is 0 Å². The van der Waals surface area contributed by atoms with Crippen molar-refractivity contribution < 1.29 is 9.53 Å². The molecule has 1 heterocycles. The van der Waals surface area contributed by atoms with Gasteiger partial charge in [0.2, 0.25) is 5.01 Å². The molecule has 0 aliphatic heterocycles. The minimum atomic E-state index is -0.317. The standard InChI is InChI=1S/C19H16ClN3O2S/c1-2-25-15-10-6-7-13(11-15)12-16(20)18-22-23-19(26-18)17(24)21-14-8-4-3-5-9-14/h3-12H,2H2,1H3,(H,21,24)/b16-12-. The van der Waals surface area contributed by atoms with Crippen LogP contribution in [-0.2, 0) is 0 Å². The number of amides is 1. The van der Waals surface area contributed by atoms with E-state index in [-0.39, 0.29) is 10.9 Å². The average Bonchev–Trinajstić information content (AvgIpc) is 3.14. The highest BCUT2D eigenvalue weighted by Crippen LogP contribution is 2.26. The number of aromatic nitrogens is 2. The lowest BCUT2D eigenvalue weighted by molar-refractivity contribution is 0.102. The molecule has 0 saturated carbocycles. The van der Waals surface area contributed by atoms with Crippen molar-refractivity contribution in [1.29, 1.82) is 0 Å². The lowest BCUT2D eigenvalue weighted by atomic mass is 10.2. The lowest BCUT2D eigenvalue weighted by Crippen LogP contribution is -2.11. The van der Waals surface area contributed by atoms with Crippen molar-refractivity contribution in [2.75, 3.05) is 11.9 Å². The van der Waals surface area contributed by atoms with E-state index >= 15 is 0 Å². The van der Waals surface area contributed by atoms with Gasteiger partial charge in [-0.15, -0.1) is 10.2 Å². The number of ether oxygens (including phenoxy) is 1. The van der Waals surface area contributed by atoms with E-state index in [1.165, 1.54) is 0 Å². The van der Waals surface area contributed by atoms with Crippen LogP contribution in [0.4, 0.5) is 5.69 Å². The second-order valence-electron chi connectivity index (χ2n) is 5.23. The third-order valence-electron chi connectivity index (χ3n) is 3.32. The molecule has 1 amide bonds. The van der Waals surface area contributed by atoms with Crippen LogP contribution >= 0.6 is 22.9 Å². The van der Waals surface area contributed by atoms with Gasteiger partial charge in [-0.05, 0) is 42.8 Å². The highest BCUT2D eigenvalue weighted by molar-refractivity contribution is 7.15. The Hall–Kier alpha value is -2.70. The number of benzene rings is 2. The van der Waals surface area contributed by atoms with Gasteiger partial charge in [-0.3, -0.25) is 4.79 Å². The number of hydrogen-bond donors (Lipinski definition) is 1. The van der Waals surface area contributed by atoms with Crippen LogP contribution in [-0.4, -0.2) is 22.7 Å². The van der Waals surface area contributed by atoms with Crippen LogP contribution in [0.5, 0.6) is 5.75 Å². The molecule has 0 bridgehead atoms. The number of anilines is 1. The molecule has 26 heavy (non-hydrogen) atoms. The highest BCUT2D eigenvalue weighted by atomic mass is 35.5. The first-order valence-electron chi connectivity index (χ1n) is 7.96. The molecule has 5 nitrogen and oxygen atoms in total. The number of nitrogens with zero attached hydrogens (tertiary/aromatic N) is 2. The van der Waals surface area contributed by atoms with Gasteiger partial charge in [0.25, 0.3) is 5.91 Å². The molecule has 7 heteroatoms. The summed E-state index contributed by atoms with van der Waals surface area (Å²) in [6.45, 7) is 2.52. The largest absolute Gasteiger partial charge is 0.494 e. The molecule has 0 aliphatic rings. The zero-order valence-electron chi connectivity index (χ0n) is 14.0. The fourth-order valence-electron chi connectivity index (χ4n) is 2.19. The highest BCUT2D eigenvalue weighted by Gasteiger charge is 2.14. The van der Waals surface area contributed by atoms with Crippen molar-refractivity contribution in [2.24, 2.45) is 0 Å². The zero-order valence-corrected chi connectivity index (χ0v) is 15.6. The summed E-state index contributed by atoms with van der Waals surface area (Å²) in [5.74, 6) is 0.452. The summed E-state index contributed by atoms with van der Waals surface area (Å²) in [4.78, 5) is 12.2. The monoisotopic (exact) mass is 385 g/mol. The summed E-state index contributed by atoms with van der Waals surface area (Å²) in [5.41, 5.74) is 1.58. The maximum Gasteiger partial charge on any atom is 0.286 e. The number of halogens is 1. The van der Waals surface area contributed by atoms with E-state index in [4.69, 9.17) is 16.3 Å².